The number of rotatable bonds is 20. The maximum Gasteiger partial charge on any atom is 1.00 e. The van der Waals surface area contributed by atoms with Gasteiger partial charge in [-0.05, 0) is 60.0 Å². The number of aliphatic hydroxyl groups is 6. The van der Waals surface area contributed by atoms with Crippen molar-refractivity contribution in [3.8, 4) is 49.5 Å². The molecule has 0 bridgehead atoms. The number of nitrogens with one attached hydrogen (secondary N) is 5. The second kappa shape index (κ2) is 33.6. The molecule has 3 aliphatic rings. The number of hydrogen-bond donors (Lipinski definition) is 13. The number of primary amides is 1. The molecule has 8 rings (SSSR count). The fraction of sp³-hybridized carbons (Fsp3) is 0.424. The average Bonchev–Trinajstić information content (AvgIpc) is 1.70. The molecule has 0 aliphatic carbocycles. The number of nitrogens with two attached hydrogens (primary N) is 1. The molecule has 4 aromatic carbocycles. The Labute approximate surface area is 561 Å². The number of aromatic hydroxyl groups is 1. The molecular formula is C59H69N10NaO21S2. The summed E-state index contributed by atoms with van der Waals surface area (Å²) in [5.41, 5.74) is 8.76. The zero-order chi connectivity index (χ0) is 66.5. The number of aromatic nitrogens is 2. The van der Waals surface area contributed by atoms with Crippen molar-refractivity contribution in [2.45, 2.75) is 112 Å². The van der Waals surface area contributed by atoms with Crippen LogP contribution in [0.15, 0.2) is 91.0 Å². The van der Waals surface area contributed by atoms with Gasteiger partial charge in [-0.1, -0.05) is 72.9 Å². The van der Waals surface area contributed by atoms with Gasteiger partial charge in [-0.3, -0.25) is 43.4 Å². The quantitative estimate of drug-likeness (QED) is 0.0114. The maximum absolute atomic E-state index is 14.7. The minimum atomic E-state index is -2.23. The zero-order valence-electron chi connectivity index (χ0n) is 50.6. The Hall–Kier alpha value is -7.45. The number of methoxy groups -OCH3 is 1. The van der Waals surface area contributed by atoms with Gasteiger partial charge in [0, 0.05) is 68.6 Å². The fourth-order valence-corrected chi connectivity index (χ4v) is 11.8. The number of hydrogen-bond acceptors (Lipinski definition) is 25. The van der Waals surface area contributed by atoms with Crippen LogP contribution in [0.25, 0.3) is 32.3 Å². The van der Waals surface area contributed by atoms with Gasteiger partial charge in [-0.2, -0.15) is 0 Å². The summed E-state index contributed by atoms with van der Waals surface area (Å²) in [5, 5.41) is 114. The molecule has 0 spiro atoms. The first-order valence-corrected chi connectivity index (χ1v) is 30.3. The number of aliphatic hydroxyl groups excluding tert-OH is 6. The Morgan fingerprint density at radius 3 is 1.98 bits per heavy atom. The number of β-amino-alcohol motifs (C(OH)–C–C–N with tert-alkyl or cyclic N) is 1. The maximum atomic E-state index is 14.7. The normalized spacial score (nSPS) is 24.3. The summed E-state index contributed by atoms with van der Waals surface area (Å²) >= 11 is 1.28. The Bertz CT molecular complexity index is 3430. The average molecular weight is 1340 g/mol. The third-order valence-corrected chi connectivity index (χ3v) is 16.9. The predicted molar refractivity (Wildman–Crippen MR) is 321 cm³/mol. The summed E-state index contributed by atoms with van der Waals surface area (Å²) < 4.78 is 19.9. The molecule has 12 unspecified atom stereocenters. The molecule has 5 aromatic rings. The molecule has 13 atom stereocenters. The van der Waals surface area contributed by atoms with E-state index in [0.29, 0.717) is 34.5 Å². The van der Waals surface area contributed by atoms with E-state index in [1.807, 2.05) is 48.5 Å². The molecule has 3 saturated heterocycles. The van der Waals surface area contributed by atoms with Crippen LogP contribution in [0.4, 0.5) is 0 Å². The molecule has 4 heterocycles. The molecule has 0 radical (unpaired) electrons. The van der Waals surface area contributed by atoms with E-state index in [0.717, 1.165) is 45.5 Å². The van der Waals surface area contributed by atoms with E-state index < -0.39 is 177 Å². The van der Waals surface area contributed by atoms with Crippen LogP contribution in [-0.2, 0) is 54.1 Å². The van der Waals surface area contributed by atoms with Crippen molar-refractivity contribution in [1.29, 1.82) is 0 Å². The third-order valence-electron chi connectivity index (χ3n) is 15.5. The van der Waals surface area contributed by atoms with E-state index in [1.165, 1.54) is 36.5 Å². The van der Waals surface area contributed by atoms with Crippen molar-refractivity contribution in [1.82, 2.24) is 46.6 Å². The van der Waals surface area contributed by atoms with Gasteiger partial charge in [0.15, 0.2) is 11.5 Å². The zero-order valence-corrected chi connectivity index (χ0v) is 54.2. The van der Waals surface area contributed by atoms with Crippen LogP contribution >= 0.6 is 23.7 Å². The molecule has 93 heavy (non-hydrogen) atoms. The van der Waals surface area contributed by atoms with Crippen molar-refractivity contribution in [2.24, 2.45) is 11.7 Å². The van der Waals surface area contributed by atoms with Gasteiger partial charge in [0.05, 0.1) is 49.7 Å². The first-order chi connectivity index (χ1) is 43.9. The summed E-state index contributed by atoms with van der Waals surface area (Å²) in [4.78, 5) is 115. The number of amides is 8. The predicted octanol–water partition coefficient (Wildman–Crippen LogP) is -5.74. The number of ether oxygens (including phenoxy) is 2. The standard InChI is InChI=1S/C59H70N10O21S2.Na/c1-28-26-69-49(50(28)77)55(82)61-25-36(71)22-39(62-51(78)33-7-11-35(12-8-33)57-67-66-56(91-57)34-9-5-31(6-10-34)32-13-15-38(16-14-32)87-19-18-86-3)52(79)63-46(29(2)70)58(83)68-27-37(72)23-40(68)53(80)64-47(54(81)65-48(59(69)84)43(75)24-45(60)76)42(74)20-30-4-17-41(73)44(21-30)88-92-90-89-85;/h4-17,21,28-29,36-37,39-40,42-43,46-50,70-75,77,85H,18-20,22-27H2,1-3H3,(H2,60,76)(H,61,82)(H,62,78)(H,63,79)(H,64,80)(H,65,81);/q;+1/p-1/t28?,29?,36?,37?,39-,40?,42?,43?,46?,47?,48?,49?,50?;/m0./s1. The Morgan fingerprint density at radius 2 is 1.35 bits per heavy atom. The number of phenols is 1. The molecular weight excluding hydrogens is 1270 g/mol. The van der Waals surface area contributed by atoms with Crippen LogP contribution < -0.4 is 76.1 Å². The molecule has 34 heteroatoms. The number of carbonyl (C=O) groups is 8. The molecule has 8 amide bonds. The van der Waals surface area contributed by atoms with Crippen LogP contribution in [-0.4, -0.2) is 216 Å². The Kier molecular flexibility index (Phi) is 26.4. The topological polar surface area (TPSA) is 466 Å². The number of phenolic OH excluding ortho intramolecular Hbond substituents is 1. The molecule has 1 aromatic heterocycles. The van der Waals surface area contributed by atoms with Gasteiger partial charge in [0.1, 0.15) is 58.6 Å². The fourth-order valence-electron chi connectivity index (χ4n) is 10.7. The van der Waals surface area contributed by atoms with Gasteiger partial charge in [0.2, 0.25) is 41.4 Å². The third kappa shape index (κ3) is 18.7. The smallest absolute Gasteiger partial charge is 0.691 e. The second-order valence-corrected chi connectivity index (χ2v) is 23.6. The minimum absolute atomic E-state index is 0. The van der Waals surface area contributed by atoms with E-state index in [4.69, 9.17) is 19.4 Å². The van der Waals surface area contributed by atoms with Crippen molar-refractivity contribution < 1.29 is 132 Å². The monoisotopic (exact) mass is 1340 g/mol. The summed E-state index contributed by atoms with van der Waals surface area (Å²) in [7, 11) is 1.60. The molecule has 3 aliphatic heterocycles. The molecule has 3 fully saturated rings. The van der Waals surface area contributed by atoms with E-state index in [-0.39, 0.29) is 58.8 Å². The second-order valence-electron chi connectivity index (χ2n) is 22.2. The van der Waals surface area contributed by atoms with Crippen LogP contribution in [0.5, 0.6) is 17.2 Å². The minimum Gasteiger partial charge on any atom is -0.691 e. The molecule has 494 valence electrons. The van der Waals surface area contributed by atoms with E-state index in [1.54, 1.807) is 19.2 Å². The van der Waals surface area contributed by atoms with Crippen LogP contribution in [0, 0.1) is 5.92 Å². The van der Waals surface area contributed by atoms with E-state index >= 15 is 0 Å². The first-order valence-electron chi connectivity index (χ1n) is 28.8. The first kappa shape index (κ1) is 73.0. The van der Waals surface area contributed by atoms with Gasteiger partial charge >= 0.3 is 29.6 Å². The van der Waals surface area contributed by atoms with Gasteiger partial charge in [-0.25, -0.2) is 0 Å². The Morgan fingerprint density at radius 1 is 0.753 bits per heavy atom. The molecule has 31 nitrogen and oxygen atoms in total. The largest absolute Gasteiger partial charge is 1.00 e. The summed E-state index contributed by atoms with van der Waals surface area (Å²) in [5.74, 6) is -10.5. The number of benzene rings is 4. The number of fused-ring (bicyclic) bond motifs is 2. The summed E-state index contributed by atoms with van der Waals surface area (Å²) in [6, 6.07) is 13.1. The van der Waals surface area contributed by atoms with E-state index in [2.05, 4.69) is 46.2 Å². The number of nitrogens with zero attached hydrogens (tertiary/aromatic N) is 4. The summed E-state index contributed by atoms with van der Waals surface area (Å²) in [6.07, 6.45) is -13.7. The number of carbonyl (C=O) groups excluding carboxylic acids is 8. The molecule has 14 N–H and O–H groups in total. The Balaban J connectivity index is 0.0000123. The van der Waals surface area contributed by atoms with Gasteiger partial charge < -0.3 is 96.8 Å². The van der Waals surface area contributed by atoms with Gasteiger partial charge in [0.25, 0.3) is 18.2 Å². The van der Waals surface area contributed by atoms with Crippen molar-refractivity contribution in [3.63, 3.8) is 0 Å². The summed E-state index contributed by atoms with van der Waals surface area (Å²) in [6.45, 7) is 1.71. The SMILES string of the molecule is COCCOc1ccc(-c2ccc(-c3nnc(-c4ccc(C(=O)N[C@H]5CC(O)CNC(=O)C6C(O)C(C)CN6C(=O)C(C(O)CC(N)=O)NC(=O)C(C(O)Cc6ccc(O)c(OSOO[O-])c6)NC(=O)C6CC(O)CN6C(=O)C(C(C)O)NC5=O)cc4)s3)cc2)cc1.[Na+]. The van der Waals surface area contributed by atoms with Crippen molar-refractivity contribution in [2.75, 3.05) is 40.0 Å². The van der Waals surface area contributed by atoms with E-state index in [9.17, 15) is 79.4 Å². The van der Waals surface area contributed by atoms with Crippen molar-refractivity contribution >= 4 is 70.9 Å². The van der Waals surface area contributed by atoms with Crippen LogP contribution in [0.3, 0.4) is 0 Å². The van der Waals surface area contributed by atoms with Crippen LogP contribution in [0.1, 0.15) is 49.0 Å². The van der Waals surface area contributed by atoms with Crippen LogP contribution in [0.2, 0.25) is 0 Å². The molecule has 0 saturated carbocycles. The van der Waals surface area contributed by atoms with Crippen molar-refractivity contribution in [3.05, 3.63) is 102 Å². The van der Waals surface area contributed by atoms with Gasteiger partial charge in [-0.15, -0.1) is 14.5 Å².